The topological polar surface area (TPSA) is 40.6 Å². The van der Waals surface area contributed by atoms with Gasteiger partial charge in [0.15, 0.2) is 0 Å². The van der Waals surface area contributed by atoms with E-state index in [9.17, 15) is 9.59 Å². The summed E-state index contributed by atoms with van der Waals surface area (Å²) in [6, 6.07) is 8.32. The lowest BCUT2D eigenvalue weighted by Gasteiger charge is -2.35. The Balaban J connectivity index is 1.44. The van der Waals surface area contributed by atoms with Gasteiger partial charge in [0.25, 0.3) is 0 Å². The largest absolute Gasteiger partial charge is 0.339 e. The van der Waals surface area contributed by atoms with Crippen LogP contribution in [0.25, 0.3) is 0 Å². The lowest BCUT2D eigenvalue weighted by atomic mass is 10.1. The van der Waals surface area contributed by atoms with E-state index < -0.39 is 0 Å². The molecule has 2 aliphatic rings. The smallest absolute Gasteiger partial charge is 0.225 e. The molecule has 4 nitrogen and oxygen atoms in total. The van der Waals surface area contributed by atoms with Gasteiger partial charge in [-0.2, -0.15) is 0 Å². The van der Waals surface area contributed by atoms with Gasteiger partial charge >= 0.3 is 0 Å². The van der Waals surface area contributed by atoms with Crippen molar-refractivity contribution >= 4 is 11.8 Å². The van der Waals surface area contributed by atoms with Crippen LogP contribution >= 0.6 is 0 Å². The van der Waals surface area contributed by atoms with Crippen LogP contribution in [0.5, 0.6) is 0 Å². The Morgan fingerprint density at radius 1 is 1.09 bits per heavy atom. The fraction of sp³-hybridized carbons (Fsp3) is 0.556. The van der Waals surface area contributed by atoms with Crippen LogP contribution < -0.4 is 0 Å². The first-order valence-electron chi connectivity index (χ1n) is 8.25. The Kier molecular flexibility index (Phi) is 4.46. The number of nitrogens with zero attached hydrogens (tertiary/aromatic N) is 2. The fourth-order valence-corrected chi connectivity index (χ4v) is 3.04. The highest BCUT2D eigenvalue weighted by atomic mass is 16.2. The highest BCUT2D eigenvalue weighted by Gasteiger charge is 2.35. The van der Waals surface area contributed by atoms with Crippen molar-refractivity contribution in [2.75, 3.05) is 26.2 Å². The van der Waals surface area contributed by atoms with Crippen molar-refractivity contribution < 1.29 is 9.59 Å². The molecule has 118 valence electrons. The van der Waals surface area contributed by atoms with Crippen molar-refractivity contribution in [2.45, 2.75) is 32.6 Å². The fourth-order valence-electron chi connectivity index (χ4n) is 3.04. The molecule has 22 heavy (non-hydrogen) atoms. The van der Waals surface area contributed by atoms with E-state index in [2.05, 4.69) is 25.1 Å². The first kappa shape index (κ1) is 15.1. The maximum atomic E-state index is 12.3. The van der Waals surface area contributed by atoms with Crippen LogP contribution in [0.3, 0.4) is 0 Å². The Labute approximate surface area is 132 Å². The predicted octanol–water partition coefficient (Wildman–Crippen LogP) is 2.01. The third kappa shape index (κ3) is 3.67. The van der Waals surface area contributed by atoms with Crippen LogP contribution in [0.2, 0.25) is 0 Å². The van der Waals surface area contributed by atoms with Crippen LogP contribution in [-0.4, -0.2) is 47.8 Å². The van der Waals surface area contributed by atoms with Gasteiger partial charge in [0, 0.05) is 38.5 Å². The average Bonchev–Trinajstić information content (AvgIpc) is 3.37. The van der Waals surface area contributed by atoms with Crippen molar-refractivity contribution in [1.29, 1.82) is 0 Å². The molecular weight excluding hydrogens is 276 g/mol. The van der Waals surface area contributed by atoms with E-state index in [1.54, 1.807) is 0 Å². The first-order chi connectivity index (χ1) is 10.6. The molecular formula is C18H24N2O2. The van der Waals surface area contributed by atoms with E-state index in [1.165, 1.54) is 11.1 Å². The summed E-state index contributed by atoms with van der Waals surface area (Å²) < 4.78 is 0. The van der Waals surface area contributed by atoms with Crippen molar-refractivity contribution in [3.63, 3.8) is 0 Å². The zero-order valence-electron chi connectivity index (χ0n) is 13.3. The summed E-state index contributed by atoms with van der Waals surface area (Å²) in [6.45, 7) is 4.84. The van der Waals surface area contributed by atoms with E-state index in [-0.39, 0.29) is 11.8 Å². The summed E-state index contributed by atoms with van der Waals surface area (Å²) >= 11 is 0. The number of benzene rings is 1. The number of rotatable bonds is 4. The molecule has 0 unspecified atom stereocenters. The molecule has 0 aromatic heterocycles. The summed E-state index contributed by atoms with van der Waals surface area (Å²) in [4.78, 5) is 28.1. The zero-order valence-corrected chi connectivity index (χ0v) is 13.3. The summed E-state index contributed by atoms with van der Waals surface area (Å²) in [7, 11) is 0. The molecule has 0 spiro atoms. The molecule has 1 aromatic carbocycles. The van der Waals surface area contributed by atoms with Gasteiger partial charge in [0.05, 0.1) is 0 Å². The molecule has 0 N–H and O–H groups in total. The Morgan fingerprint density at radius 2 is 1.77 bits per heavy atom. The zero-order chi connectivity index (χ0) is 15.5. The normalized spacial score (nSPS) is 18.4. The van der Waals surface area contributed by atoms with E-state index >= 15 is 0 Å². The molecule has 0 radical (unpaired) electrons. The molecule has 3 rings (SSSR count). The summed E-state index contributed by atoms with van der Waals surface area (Å²) in [5, 5.41) is 0. The third-order valence-electron chi connectivity index (χ3n) is 4.58. The molecule has 1 saturated carbocycles. The maximum Gasteiger partial charge on any atom is 0.225 e. The second-order valence-corrected chi connectivity index (χ2v) is 6.47. The number of piperazine rings is 1. The van der Waals surface area contributed by atoms with Gasteiger partial charge in [-0.05, 0) is 31.7 Å². The van der Waals surface area contributed by atoms with Gasteiger partial charge in [-0.25, -0.2) is 0 Å². The predicted molar refractivity (Wildman–Crippen MR) is 85.4 cm³/mol. The molecule has 1 saturated heterocycles. The molecule has 1 aliphatic heterocycles. The van der Waals surface area contributed by atoms with Crippen molar-refractivity contribution in [2.24, 2.45) is 5.92 Å². The van der Waals surface area contributed by atoms with E-state index in [0.717, 1.165) is 19.3 Å². The van der Waals surface area contributed by atoms with Crippen molar-refractivity contribution in [1.82, 2.24) is 9.80 Å². The van der Waals surface area contributed by atoms with Crippen LogP contribution in [0.1, 0.15) is 30.4 Å². The molecule has 0 atom stereocenters. The highest BCUT2D eigenvalue weighted by Crippen LogP contribution is 2.31. The number of hydrogen-bond acceptors (Lipinski definition) is 2. The quantitative estimate of drug-likeness (QED) is 0.853. The minimum atomic E-state index is 0.208. The van der Waals surface area contributed by atoms with Crippen molar-refractivity contribution in [3.8, 4) is 0 Å². The minimum Gasteiger partial charge on any atom is -0.339 e. The van der Waals surface area contributed by atoms with Crippen molar-refractivity contribution in [3.05, 3.63) is 35.4 Å². The Bertz CT molecular complexity index is 558. The molecule has 1 heterocycles. The molecule has 0 bridgehead atoms. The van der Waals surface area contributed by atoms with Crippen LogP contribution in [0.4, 0.5) is 0 Å². The molecule has 1 aliphatic carbocycles. The van der Waals surface area contributed by atoms with Gasteiger partial charge in [0.1, 0.15) is 0 Å². The second kappa shape index (κ2) is 6.51. The Morgan fingerprint density at radius 3 is 2.41 bits per heavy atom. The summed E-state index contributed by atoms with van der Waals surface area (Å²) in [6.07, 6.45) is 3.45. The maximum absolute atomic E-state index is 12.3. The summed E-state index contributed by atoms with van der Waals surface area (Å²) in [5.41, 5.74) is 2.45. The third-order valence-corrected chi connectivity index (χ3v) is 4.58. The van der Waals surface area contributed by atoms with Gasteiger partial charge in [-0.3, -0.25) is 9.59 Å². The number of hydrogen-bond donors (Lipinski definition) is 0. The molecule has 1 aromatic rings. The SMILES string of the molecule is Cc1cccc(CCC(=O)N2CCN(C(=O)C3CC3)CC2)c1. The second-order valence-electron chi connectivity index (χ2n) is 6.47. The highest BCUT2D eigenvalue weighted by molar-refractivity contribution is 5.81. The molecule has 2 fully saturated rings. The van der Waals surface area contributed by atoms with Crippen LogP contribution in [0, 0.1) is 12.8 Å². The van der Waals surface area contributed by atoms with E-state index in [4.69, 9.17) is 0 Å². The minimum absolute atomic E-state index is 0.208. The summed E-state index contributed by atoms with van der Waals surface area (Å²) in [5.74, 6) is 0.787. The Hall–Kier alpha value is -1.84. The first-order valence-corrected chi connectivity index (χ1v) is 8.25. The lowest BCUT2D eigenvalue weighted by Crippen LogP contribution is -2.51. The van der Waals surface area contributed by atoms with Gasteiger partial charge in [0.2, 0.25) is 11.8 Å². The molecule has 4 heteroatoms. The van der Waals surface area contributed by atoms with Gasteiger partial charge in [-0.1, -0.05) is 29.8 Å². The average molecular weight is 300 g/mol. The van der Waals surface area contributed by atoms with Gasteiger partial charge < -0.3 is 9.80 Å². The lowest BCUT2D eigenvalue weighted by molar-refractivity contribution is -0.140. The van der Waals surface area contributed by atoms with Gasteiger partial charge in [-0.15, -0.1) is 0 Å². The number of amides is 2. The number of carbonyl (C=O) groups excluding carboxylic acids is 2. The van der Waals surface area contributed by atoms with E-state index in [0.29, 0.717) is 38.5 Å². The monoisotopic (exact) mass is 300 g/mol. The van der Waals surface area contributed by atoms with Crippen LogP contribution in [0.15, 0.2) is 24.3 Å². The van der Waals surface area contributed by atoms with E-state index in [1.807, 2.05) is 15.9 Å². The molecule has 2 amide bonds. The van der Waals surface area contributed by atoms with Crippen LogP contribution in [-0.2, 0) is 16.0 Å². The standard InChI is InChI=1S/C18H24N2O2/c1-14-3-2-4-15(13-14)5-8-17(21)19-9-11-20(12-10-19)18(22)16-6-7-16/h2-4,13,16H,5-12H2,1H3. The number of carbonyl (C=O) groups is 2. The number of aryl methyl sites for hydroxylation is 2.